The maximum Gasteiger partial charge on any atom is 0.319 e. The van der Waals surface area contributed by atoms with Gasteiger partial charge in [0, 0.05) is 24.0 Å². The van der Waals surface area contributed by atoms with Gasteiger partial charge >= 0.3 is 6.03 Å². The van der Waals surface area contributed by atoms with Crippen molar-refractivity contribution in [2.24, 2.45) is 0 Å². The summed E-state index contributed by atoms with van der Waals surface area (Å²) in [5, 5.41) is 9.08. The van der Waals surface area contributed by atoms with Crippen molar-refractivity contribution in [3.05, 3.63) is 48.0 Å². The number of nitrogens with one attached hydrogen (secondary N) is 3. The van der Waals surface area contributed by atoms with Crippen LogP contribution in [0.1, 0.15) is 18.4 Å². The highest BCUT2D eigenvalue weighted by Gasteiger charge is 2.23. The van der Waals surface area contributed by atoms with Crippen molar-refractivity contribution in [1.29, 1.82) is 0 Å². The SMILES string of the molecule is O=C(Nc1ccc(NCc2ccc3c(c2)OCO3)cc1)NC1CC1. The Morgan fingerprint density at radius 3 is 2.54 bits per heavy atom. The van der Waals surface area contributed by atoms with Gasteiger partial charge in [-0.1, -0.05) is 6.07 Å². The van der Waals surface area contributed by atoms with E-state index < -0.39 is 0 Å². The molecule has 1 fully saturated rings. The fraction of sp³-hybridized carbons (Fsp3) is 0.278. The van der Waals surface area contributed by atoms with Crippen molar-refractivity contribution < 1.29 is 14.3 Å². The molecule has 2 aliphatic rings. The molecule has 1 heterocycles. The Balaban J connectivity index is 1.31. The molecule has 2 amide bonds. The highest BCUT2D eigenvalue weighted by Crippen LogP contribution is 2.32. The Morgan fingerprint density at radius 2 is 1.75 bits per heavy atom. The molecule has 2 aromatic carbocycles. The van der Waals surface area contributed by atoms with Crippen LogP contribution in [0.3, 0.4) is 0 Å². The smallest absolute Gasteiger partial charge is 0.319 e. The molecule has 24 heavy (non-hydrogen) atoms. The first-order valence-electron chi connectivity index (χ1n) is 8.06. The molecule has 6 nitrogen and oxygen atoms in total. The number of carbonyl (C=O) groups is 1. The summed E-state index contributed by atoms with van der Waals surface area (Å²) in [7, 11) is 0. The lowest BCUT2D eigenvalue weighted by Gasteiger charge is -2.10. The maximum absolute atomic E-state index is 11.7. The monoisotopic (exact) mass is 325 g/mol. The minimum Gasteiger partial charge on any atom is -0.454 e. The van der Waals surface area contributed by atoms with Crippen molar-refractivity contribution in [3.8, 4) is 11.5 Å². The number of rotatable bonds is 5. The molecule has 6 heteroatoms. The molecular weight excluding hydrogens is 306 g/mol. The van der Waals surface area contributed by atoms with E-state index in [0.717, 1.165) is 41.3 Å². The van der Waals surface area contributed by atoms with Crippen molar-refractivity contribution in [3.63, 3.8) is 0 Å². The number of benzene rings is 2. The predicted molar refractivity (Wildman–Crippen MR) is 91.5 cm³/mol. The second-order valence-corrected chi connectivity index (χ2v) is 5.99. The van der Waals surface area contributed by atoms with Gasteiger partial charge in [0.1, 0.15) is 0 Å². The molecule has 0 unspecified atom stereocenters. The Labute approximate surface area is 140 Å². The first-order valence-corrected chi connectivity index (χ1v) is 8.06. The number of hydrogen-bond acceptors (Lipinski definition) is 4. The molecule has 1 saturated carbocycles. The summed E-state index contributed by atoms with van der Waals surface area (Å²) in [6, 6.07) is 13.8. The van der Waals surface area contributed by atoms with Crippen LogP contribution in [-0.2, 0) is 6.54 Å². The van der Waals surface area contributed by atoms with Crippen molar-refractivity contribution >= 4 is 17.4 Å². The number of amides is 2. The minimum atomic E-state index is -0.140. The van der Waals surface area contributed by atoms with Gasteiger partial charge in [-0.3, -0.25) is 0 Å². The average molecular weight is 325 g/mol. The Hall–Kier alpha value is -2.89. The van der Waals surface area contributed by atoms with Gasteiger partial charge in [-0.15, -0.1) is 0 Å². The average Bonchev–Trinajstić information content (AvgIpc) is 3.27. The van der Waals surface area contributed by atoms with Gasteiger partial charge < -0.3 is 25.4 Å². The fourth-order valence-electron chi connectivity index (χ4n) is 2.51. The van der Waals surface area contributed by atoms with Gasteiger partial charge in [-0.05, 0) is 54.8 Å². The van der Waals surface area contributed by atoms with Gasteiger partial charge in [-0.2, -0.15) is 0 Å². The van der Waals surface area contributed by atoms with Crippen LogP contribution in [0.5, 0.6) is 11.5 Å². The summed E-state index contributed by atoms with van der Waals surface area (Å²) in [5.41, 5.74) is 2.88. The van der Waals surface area contributed by atoms with Gasteiger partial charge in [0.2, 0.25) is 6.79 Å². The normalized spacial score (nSPS) is 15.0. The minimum absolute atomic E-state index is 0.140. The molecule has 0 aromatic heterocycles. The Kier molecular flexibility index (Phi) is 3.86. The molecule has 0 atom stereocenters. The van der Waals surface area contributed by atoms with Crippen LogP contribution >= 0.6 is 0 Å². The van der Waals surface area contributed by atoms with E-state index in [9.17, 15) is 4.79 Å². The molecule has 0 radical (unpaired) electrons. The highest BCUT2D eigenvalue weighted by atomic mass is 16.7. The molecule has 3 N–H and O–H groups in total. The van der Waals surface area contributed by atoms with E-state index in [1.165, 1.54) is 0 Å². The quantitative estimate of drug-likeness (QED) is 0.789. The van der Waals surface area contributed by atoms with Crippen molar-refractivity contribution in [1.82, 2.24) is 5.32 Å². The van der Waals surface area contributed by atoms with E-state index >= 15 is 0 Å². The number of fused-ring (bicyclic) bond motifs is 1. The number of anilines is 2. The molecule has 0 spiro atoms. The largest absolute Gasteiger partial charge is 0.454 e. The lowest BCUT2D eigenvalue weighted by atomic mass is 10.2. The zero-order valence-corrected chi connectivity index (χ0v) is 13.2. The first-order chi connectivity index (χ1) is 11.8. The number of carbonyl (C=O) groups excluding carboxylic acids is 1. The zero-order valence-electron chi connectivity index (χ0n) is 13.2. The molecule has 1 aliphatic carbocycles. The predicted octanol–water partition coefficient (Wildman–Crippen LogP) is 3.31. The second kappa shape index (κ2) is 6.31. The summed E-state index contributed by atoms with van der Waals surface area (Å²) < 4.78 is 10.7. The molecule has 0 bridgehead atoms. The van der Waals surface area contributed by atoms with Gasteiger partial charge in [0.15, 0.2) is 11.5 Å². The van der Waals surface area contributed by atoms with E-state index in [4.69, 9.17) is 9.47 Å². The fourth-order valence-corrected chi connectivity index (χ4v) is 2.51. The maximum atomic E-state index is 11.7. The summed E-state index contributed by atoms with van der Waals surface area (Å²) in [5.74, 6) is 1.58. The van der Waals surface area contributed by atoms with Crippen LogP contribution in [0.2, 0.25) is 0 Å². The lowest BCUT2D eigenvalue weighted by molar-refractivity contribution is 0.174. The third-order valence-corrected chi connectivity index (χ3v) is 3.99. The first kappa shape index (κ1) is 14.7. The summed E-state index contributed by atoms with van der Waals surface area (Å²) in [6.45, 7) is 0.973. The van der Waals surface area contributed by atoms with Crippen molar-refractivity contribution in [2.75, 3.05) is 17.4 Å². The summed E-state index contributed by atoms with van der Waals surface area (Å²) in [6.07, 6.45) is 2.16. The van der Waals surface area contributed by atoms with Crippen LogP contribution < -0.4 is 25.4 Å². The molecule has 4 rings (SSSR count). The molecule has 2 aromatic rings. The number of hydrogen-bond donors (Lipinski definition) is 3. The molecule has 0 saturated heterocycles. The van der Waals surface area contributed by atoms with E-state index in [-0.39, 0.29) is 12.8 Å². The van der Waals surface area contributed by atoms with Gasteiger partial charge in [0.25, 0.3) is 0 Å². The number of ether oxygens (including phenoxy) is 2. The second-order valence-electron chi connectivity index (χ2n) is 5.99. The van der Waals surface area contributed by atoms with Gasteiger partial charge in [0.05, 0.1) is 0 Å². The van der Waals surface area contributed by atoms with Gasteiger partial charge in [-0.25, -0.2) is 4.79 Å². The third-order valence-electron chi connectivity index (χ3n) is 3.99. The van der Waals surface area contributed by atoms with E-state index in [2.05, 4.69) is 16.0 Å². The standard InChI is InChI=1S/C18H19N3O3/c22-18(21-15-6-7-15)20-14-4-2-13(3-5-14)19-10-12-1-8-16-17(9-12)24-11-23-16/h1-5,8-9,15,19H,6-7,10-11H2,(H2,20,21,22). The molecular formula is C18H19N3O3. The van der Waals surface area contributed by atoms with E-state index in [0.29, 0.717) is 12.6 Å². The molecule has 1 aliphatic heterocycles. The summed E-state index contributed by atoms with van der Waals surface area (Å²) >= 11 is 0. The Bertz CT molecular complexity index is 742. The summed E-state index contributed by atoms with van der Waals surface area (Å²) in [4.78, 5) is 11.7. The van der Waals surface area contributed by atoms with Crippen LogP contribution in [0.4, 0.5) is 16.2 Å². The highest BCUT2D eigenvalue weighted by molar-refractivity contribution is 5.89. The molecule has 124 valence electrons. The van der Waals surface area contributed by atoms with Crippen LogP contribution in [0, 0.1) is 0 Å². The van der Waals surface area contributed by atoms with Crippen LogP contribution in [0.25, 0.3) is 0 Å². The van der Waals surface area contributed by atoms with E-state index in [1.807, 2.05) is 42.5 Å². The van der Waals surface area contributed by atoms with E-state index in [1.54, 1.807) is 0 Å². The Morgan fingerprint density at radius 1 is 1.00 bits per heavy atom. The zero-order chi connectivity index (χ0) is 16.4. The lowest BCUT2D eigenvalue weighted by Crippen LogP contribution is -2.30. The third kappa shape index (κ3) is 3.53. The van der Waals surface area contributed by atoms with Crippen LogP contribution in [-0.4, -0.2) is 18.9 Å². The van der Waals surface area contributed by atoms with Crippen LogP contribution in [0.15, 0.2) is 42.5 Å². The van der Waals surface area contributed by atoms with Crippen molar-refractivity contribution in [2.45, 2.75) is 25.4 Å². The topological polar surface area (TPSA) is 71.6 Å². The number of urea groups is 1.